The molecule has 0 bridgehead atoms. The Balaban J connectivity index is 2.42. The van der Waals surface area contributed by atoms with Crippen molar-refractivity contribution in [2.24, 2.45) is 0 Å². The Morgan fingerprint density at radius 1 is 0.619 bits per heavy atom. The SMILES string of the molecule is CCC(=O)NOc1cc(/C=C/c2ccc(O[Si](C(C)C)(C(C)C)C(C)C)cc2)cc(O[Si](C(C)C)(C(C)C)C(C)C)c1. The minimum Gasteiger partial charge on any atom is -0.543 e. The molecule has 0 atom stereocenters. The maximum absolute atomic E-state index is 11.9. The van der Waals surface area contributed by atoms with Gasteiger partial charge in [-0.25, -0.2) is 0 Å². The van der Waals surface area contributed by atoms with Crippen molar-refractivity contribution in [3.05, 3.63) is 53.6 Å². The first-order valence-corrected chi connectivity index (χ1v) is 20.1. The van der Waals surface area contributed by atoms with Crippen molar-refractivity contribution in [2.45, 2.75) is 130 Å². The molecule has 2 aromatic carbocycles. The Morgan fingerprint density at radius 2 is 1.02 bits per heavy atom. The molecule has 0 radical (unpaired) electrons. The summed E-state index contributed by atoms with van der Waals surface area (Å²) in [6.07, 6.45) is 4.51. The summed E-state index contributed by atoms with van der Waals surface area (Å²) in [6, 6.07) is 14.3. The summed E-state index contributed by atoms with van der Waals surface area (Å²) in [6.45, 7) is 29.3. The van der Waals surface area contributed by atoms with E-state index in [9.17, 15) is 4.79 Å². The molecule has 0 aromatic heterocycles. The highest BCUT2D eigenvalue weighted by Gasteiger charge is 2.48. The lowest BCUT2D eigenvalue weighted by atomic mass is 10.1. The van der Waals surface area contributed by atoms with Crippen molar-refractivity contribution >= 4 is 34.7 Å². The van der Waals surface area contributed by atoms with Crippen LogP contribution >= 0.6 is 0 Å². The standard InChI is InChI=1S/C35H57NO4Si2/c1-14-35(37)36-38-33-21-31(22-34(23-33)40-42(27(8)9,28(10)11)29(12)13)16-15-30-17-19-32(20-18-30)39-41(24(2)3,25(4)5)26(6)7/h15-29H,14H2,1-13H3,(H,36,37)/b16-15+. The molecule has 234 valence electrons. The van der Waals surface area contributed by atoms with Gasteiger partial charge in [0.1, 0.15) is 11.5 Å². The van der Waals surface area contributed by atoms with E-state index in [0.717, 1.165) is 22.6 Å². The number of benzene rings is 2. The van der Waals surface area contributed by atoms with E-state index in [1.807, 2.05) is 12.1 Å². The van der Waals surface area contributed by atoms with Crippen LogP contribution in [0.15, 0.2) is 42.5 Å². The normalized spacial score (nSPS) is 12.8. The number of hydroxylamine groups is 1. The number of carbonyl (C=O) groups excluding carboxylic acids is 1. The maximum Gasteiger partial charge on any atom is 0.258 e. The quantitative estimate of drug-likeness (QED) is 0.124. The van der Waals surface area contributed by atoms with Crippen molar-refractivity contribution < 1.29 is 18.5 Å². The van der Waals surface area contributed by atoms with E-state index in [2.05, 4.69) is 131 Å². The highest BCUT2D eigenvalue weighted by atomic mass is 28.4. The molecule has 0 spiro atoms. The second-order valence-corrected chi connectivity index (χ2v) is 24.2. The third-order valence-corrected chi connectivity index (χ3v) is 20.9. The first-order valence-electron chi connectivity index (χ1n) is 15.9. The van der Waals surface area contributed by atoms with Crippen LogP contribution in [0, 0.1) is 0 Å². The lowest BCUT2D eigenvalue weighted by Crippen LogP contribution is -2.50. The summed E-state index contributed by atoms with van der Waals surface area (Å²) in [5, 5.41) is 0. The molecule has 0 aliphatic rings. The van der Waals surface area contributed by atoms with Gasteiger partial charge < -0.3 is 13.7 Å². The molecule has 0 heterocycles. The highest BCUT2D eigenvalue weighted by molar-refractivity contribution is 6.78. The zero-order valence-corrected chi connectivity index (χ0v) is 30.5. The number of hydrogen-bond acceptors (Lipinski definition) is 4. The molecular weight excluding hydrogens is 555 g/mol. The average Bonchev–Trinajstić information content (AvgIpc) is 2.91. The molecule has 1 N–H and O–H groups in total. The van der Waals surface area contributed by atoms with Gasteiger partial charge in [-0.15, -0.1) is 0 Å². The first-order chi connectivity index (χ1) is 19.6. The zero-order valence-electron chi connectivity index (χ0n) is 28.5. The summed E-state index contributed by atoms with van der Waals surface area (Å²) in [7, 11) is -4.19. The van der Waals surface area contributed by atoms with Gasteiger partial charge >= 0.3 is 0 Å². The molecule has 0 aliphatic heterocycles. The number of nitrogens with one attached hydrogen (secondary N) is 1. The van der Waals surface area contributed by atoms with E-state index in [1.54, 1.807) is 6.92 Å². The molecule has 7 heteroatoms. The Hall–Kier alpha value is -2.52. The van der Waals surface area contributed by atoms with Gasteiger partial charge in [0, 0.05) is 12.5 Å². The third kappa shape index (κ3) is 8.31. The molecule has 2 aromatic rings. The van der Waals surface area contributed by atoms with E-state index in [1.165, 1.54) is 0 Å². The highest BCUT2D eigenvalue weighted by Crippen LogP contribution is 2.44. The zero-order chi connectivity index (χ0) is 31.8. The summed E-state index contributed by atoms with van der Waals surface area (Å²) in [5.74, 6) is 2.11. The van der Waals surface area contributed by atoms with Gasteiger partial charge in [-0.1, -0.05) is 114 Å². The fraction of sp³-hybridized carbons (Fsp3) is 0.571. The van der Waals surface area contributed by atoms with E-state index in [-0.39, 0.29) is 5.91 Å². The van der Waals surface area contributed by atoms with E-state index in [0.29, 0.717) is 45.4 Å². The number of rotatable bonds is 15. The van der Waals surface area contributed by atoms with Gasteiger partial charge in [0.25, 0.3) is 22.5 Å². The maximum atomic E-state index is 11.9. The van der Waals surface area contributed by atoms with Gasteiger partial charge in [-0.2, -0.15) is 5.48 Å². The predicted molar refractivity (Wildman–Crippen MR) is 184 cm³/mol. The minimum absolute atomic E-state index is 0.171. The second-order valence-electron chi connectivity index (χ2n) is 13.5. The van der Waals surface area contributed by atoms with Crippen molar-refractivity contribution in [2.75, 3.05) is 0 Å². The lowest BCUT2D eigenvalue weighted by molar-refractivity contribution is -0.127. The molecular formula is C35H57NO4Si2. The van der Waals surface area contributed by atoms with Crippen LogP contribution in [-0.2, 0) is 4.79 Å². The minimum atomic E-state index is -2.18. The molecule has 0 unspecified atom stereocenters. The predicted octanol–water partition coefficient (Wildman–Crippen LogP) is 10.8. The van der Waals surface area contributed by atoms with Crippen LogP contribution in [0.4, 0.5) is 0 Å². The molecule has 0 fully saturated rings. The molecule has 0 saturated carbocycles. The third-order valence-electron chi connectivity index (χ3n) is 8.86. The second kappa shape index (κ2) is 15.3. The van der Waals surface area contributed by atoms with E-state index < -0.39 is 16.6 Å². The lowest BCUT2D eigenvalue weighted by Gasteiger charge is -2.42. The Bertz CT molecular complexity index is 1130. The summed E-state index contributed by atoms with van der Waals surface area (Å²) in [4.78, 5) is 17.6. The fourth-order valence-corrected chi connectivity index (χ4v) is 17.4. The topological polar surface area (TPSA) is 56.8 Å². The van der Waals surface area contributed by atoms with E-state index in [4.69, 9.17) is 13.7 Å². The number of carbonyl (C=O) groups is 1. The van der Waals surface area contributed by atoms with Crippen molar-refractivity contribution in [1.82, 2.24) is 5.48 Å². The Labute approximate surface area is 258 Å². The number of amides is 1. The molecule has 2 rings (SSSR count). The van der Waals surface area contributed by atoms with Crippen LogP contribution < -0.4 is 19.2 Å². The fourth-order valence-electron chi connectivity index (χ4n) is 6.95. The monoisotopic (exact) mass is 611 g/mol. The smallest absolute Gasteiger partial charge is 0.258 e. The largest absolute Gasteiger partial charge is 0.543 e. The molecule has 1 amide bonds. The van der Waals surface area contributed by atoms with Crippen LogP contribution in [0.5, 0.6) is 17.2 Å². The van der Waals surface area contributed by atoms with Crippen molar-refractivity contribution in [3.8, 4) is 17.2 Å². The number of hydrogen-bond donors (Lipinski definition) is 1. The molecule has 5 nitrogen and oxygen atoms in total. The van der Waals surface area contributed by atoms with Gasteiger partial charge in [0.05, 0.1) is 0 Å². The summed E-state index contributed by atoms with van der Waals surface area (Å²) >= 11 is 0. The average molecular weight is 612 g/mol. The molecule has 0 saturated heterocycles. The van der Waals surface area contributed by atoms with Crippen molar-refractivity contribution in [3.63, 3.8) is 0 Å². The van der Waals surface area contributed by atoms with Crippen LogP contribution in [0.1, 0.15) is 108 Å². The summed E-state index contributed by atoms with van der Waals surface area (Å²) in [5.41, 5.74) is 7.44. The molecule has 42 heavy (non-hydrogen) atoms. The van der Waals surface area contributed by atoms with Crippen LogP contribution in [0.25, 0.3) is 12.2 Å². The van der Waals surface area contributed by atoms with Gasteiger partial charge in [0.2, 0.25) is 0 Å². The van der Waals surface area contributed by atoms with Gasteiger partial charge in [-0.05, 0) is 68.6 Å². The first kappa shape index (κ1) is 35.7. The van der Waals surface area contributed by atoms with E-state index >= 15 is 0 Å². The van der Waals surface area contributed by atoms with Gasteiger partial charge in [0.15, 0.2) is 5.75 Å². The Kier molecular flexibility index (Phi) is 13.0. The van der Waals surface area contributed by atoms with Crippen LogP contribution in [0.2, 0.25) is 33.2 Å². The van der Waals surface area contributed by atoms with Crippen LogP contribution in [0.3, 0.4) is 0 Å². The Morgan fingerprint density at radius 3 is 1.45 bits per heavy atom. The molecule has 0 aliphatic carbocycles. The van der Waals surface area contributed by atoms with Gasteiger partial charge in [-0.3, -0.25) is 4.79 Å². The van der Waals surface area contributed by atoms with Crippen LogP contribution in [-0.4, -0.2) is 22.5 Å². The van der Waals surface area contributed by atoms with Crippen molar-refractivity contribution in [1.29, 1.82) is 0 Å². The summed E-state index contributed by atoms with van der Waals surface area (Å²) < 4.78 is 13.8.